The van der Waals surface area contributed by atoms with Gasteiger partial charge in [0, 0.05) is 12.6 Å². The topological polar surface area (TPSA) is 47.3 Å². The largest absolute Gasteiger partial charge is 0.389 e. The van der Waals surface area contributed by atoms with Crippen LogP contribution in [0, 0.1) is 11.3 Å². The van der Waals surface area contributed by atoms with Crippen LogP contribution in [0.1, 0.15) is 37.9 Å². The van der Waals surface area contributed by atoms with Gasteiger partial charge in [-0.05, 0) is 37.5 Å². The van der Waals surface area contributed by atoms with E-state index < -0.39 is 6.10 Å². The Morgan fingerprint density at radius 3 is 2.78 bits per heavy atom. The van der Waals surface area contributed by atoms with Gasteiger partial charge in [0.1, 0.15) is 0 Å². The predicted molar refractivity (Wildman–Crippen MR) is 72.7 cm³/mol. The van der Waals surface area contributed by atoms with Crippen LogP contribution in [0.2, 0.25) is 5.02 Å². The van der Waals surface area contributed by atoms with E-state index in [1.54, 1.807) is 6.92 Å². The molecular formula is C14H17ClN2O. The van der Waals surface area contributed by atoms with Crippen LogP contribution in [0.4, 0.5) is 5.69 Å². The van der Waals surface area contributed by atoms with Crippen molar-refractivity contribution < 1.29 is 5.11 Å². The summed E-state index contributed by atoms with van der Waals surface area (Å²) in [6.07, 6.45) is 2.33. The number of hydrogen-bond donors (Lipinski definition) is 1. The summed E-state index contributed by atoms with van der Waals surface area (Å²) in [6.45, 7) is 2.44. The molecule has 1 aliphatic rings. The van der Waals surface area contributed by atoms with Crippen LogP contribution in [0.3, 0.4) is 0 Å². The summed E-state index contributed by atoms with van der Waals surface area (Å²) in [4.78, 5) is 2.21. The first kappa shape index (κ1) is 13.2. The number of nitriles is 1. The van der Waals surface area contributed by atoms with Crippen LogP contribution in [0.5, 0.6) is 0 Å². The number of rotatable bonds is 5. The van der Waals surface area contributed by atoms with E-state index in [2.05, 4.69) is 11.0 Å². The Kier molecular flexibility index (Phi) is 4.11. The molecule has 96 valence electrons. The summed E-state index contributed by atoms with van der Waals surface area (Å²) in [5, 5.41) is 18.9. The van der Waals surface area contributed by atoms with Crippen molar-refractivity contribution >= 4 is 17.3 Å². The molecule has 4 heteroatoms. The van der Waals surface area contributed by atoms with E-state index in [9.17, 15) is 5.11 Å². The highest BCUT2D eigenvalue weighted by Crippen LogP contribution is 2.36. The summed E-state index contributed by atoms with van der Waals surface area (Å²) in [5.74, 6) is 0. The Morgan fingerprint density at radius 1 is 1.56 bits per heavy atom. The van der Waals surface area contributed by atoms with Crippen molar-refractivity contribution in [3.63, 3.8) is 0 Å². The smallest absolute Gasteiger partial charge is 0.0762 e. The maximum Gasteiger partial charge on any atom is 0.0762 e. The molecule has 0 aliphatic heterocycles. The van der Waals surface area contributed by atoms with Crippen LogP contribution in [-0.2, 0) is 0 Å². The van der Waals surface area contributed by atoms with E-state index in [0.717, 1.165) is 17.8 Å². The molecule has 1 atom stereocenters. The Balaban J connectivity index is 2.22. The van der Waals surface area contributed by atoms with Gasteiger partial charge in [0.2, 0.25) is 0 Å². The van der Waals surface area contributed by atoms with E-state index in [4.69, 9.17) is 16.9 Å². The SMILES string of the molecule is CC(O)c1ccc(N(CCC#N)C2CC2)c(Cl)c1. The van der Waals surface area contributed by atoms with Crippen molar-refractivity contribution in [2.75, 3.05) is 11.4 Å². The molecule has 1 aliphatic carbocycles. The van der Waals surface area contributed by atoms with Crippen LogP contribution in [0.15, 0.2) is 18.2 Å². The number of anilines is 1. The molecule has 0 bridgehead atoms. The lowest BCUT2D eigenvalue weighted by Crippen LogP contribution is -2.26. The zero-order valence-electron chi connectivity index (χ0n) is 10.4. The maximum absolute atomic E-state index is 9.53. The van der Waals surface area contributed by atoms with Crippen molar-refractivity contribution in [3.05, 3.63) is 28.8 Å². The Bertz CT molecular complexity index is 463. The van der Waals surface area contributed by atoms with Crippen molar-refractivity contribution in [2.24, 2.45) is 0 Å². The molecule has 18 heavy (non-hydrogen) atoms. The molecular weight excluding hydrogens is 248 g/mol. The van der Waals surface area contributed by atoms with E-state index >= 15 is 0 Å². The van der Waals surface area contributed by atoms with Crippen LogP contribution in [0.25, 0.3) is 0 Å². The molecule has 0 aromatic heterocycles. The predicted octanol–water partition coefficient (Wildman–Crippen LogP) is 3.28. The fourth-order valence-corrected chi connectivity index (χ4v) is 2.37. The third kappa shape index (κ3) is 2.95. The van der Waals surface area contributed by atoms with Crippen LogP contribution < -0.4 is 4.90 Å². The molecule has 1 unspecified atom stereocenters. The van der Waals surface area contributed by atoms with Crippen molar-refractivity contribution in [2.45, 2.75) is 38.3 Å². The van der Waals surface area contributed by atoms with Crippen molar-refractivity contribution in [3.8, 4) is 6.07 Å². The molecule has 3 nitrogen and oxygen atoms in total. The lowest BCUT2D eigenvalue weighted by Gasteiger charge is -2.25. The van der Waals surface area contributed by atoms with E-state index in [1.165, 1.54) is 12.8 Å². The summed E-state index contributed by atoms with van der Waals surface area (Å²) in [6, 6.07) is 8.35. The van der Waals surface area contributed by atoms with E-state index in [-0.39, 0.29) is 0 Å². The van der Waals surface area contributed by atoms with E-state index in [1.807, 2.05) is 18.2 Å². The summed E-state index contributed by atoms with van der Waals surface area (Å²) in [7, 11) is 0. The number of aliphatic hydroxyl groups is 1. The molecule has 0 heterocycles. The number of nitrogens with zero attached hydrogens (tertiary/aromatic N) is 2. The molecule has 2 rings (SSSR count). The standard InChI is InChI=1S/C14H17ClN2O/c1-10(18)11-3-6-14(13(15)9-11)17(8-2-7-16)12-4-5-12/h3,6,9-10,12,18H,2,4-5,8H2,1H3. The fourth-order valence-electron chi connectivity index (χ4n) is 2.07. The molecule has 0 spiro atoms. The second kappa shape index (κ2) is 5.60. The number of halogens is 1. The molecule has 1 aromatic rings. The van der Waals surface area contributed by atoms with Gasteiger partial charge in [-0.15, -0.1) is 0 Å². The summed E-state index contributed by atoms with van der Waals surface area (Å²) < 4.78 is 0. The normalized spacial score (nSPS) is 16.1. The third-order valence-electron chi connectivity index (χ3n) is 3.22. The Morgan fingerprint density at radius 2 is 2.28 bits per heavy atom. The van der Waals surface area contributed by atoms with Crippen molar-refractivity contribution in [1.82, 2.24) is 0 Å². The van der Waals surface area contributed by atoms with Crippen molar-refractivity contribution in [1.29, 1.82) is 5.26 Å². The number of aliphatic hydroxyl groups excluding tert-OH is 1. The summed E-state index contributed by atoms with van der Waals surface area (Å²) >= 11 is 6.28. The number of hydrogen-bond acceptors (Lipinski definition) is 3. The second-order valence-corrected chi connectivity index (χ2v) is 5.13. The quantitative estimate of drug-likeness (QED) is 0.888. The number of benzene rings is 1. The minimum atomic E-state index is -0.509. The van der Waals surface area contributed by atoms with Gasteiger partial charge in [0.05, 0.1) is 29.3 Å². The lowest BCUT2D eigenvalue weighted by atomic mass is 10.1. The monoisotopic (exact) mass is 264 g/mol. The highest BCUT2D eigenvalue weighted by atomic mass is 35.5. The first-order valence-corrected chi connectivity index (χ1v) is 6.62. The van der Waals surface area contributed by atoms with Gasteiger partial charge in [-0.2, -0.15) is 5.26 Å². The fraction of sp³-hybridized carbons (Fsp3) is 0.500. The molecule has 1 fully saturated rings. The molecule has 1 N–H and O–H groups in total. The Hall–Kier alpha value is -1.24. The van der Waals surface area contributed by atoms with Gasteiger partial charge < -0.3 is 10.0 Å². The second-order valence-electron chi connectivity index (χ2n) is 4.72. The van der Waals surface area contributed by atoms with Gasteiger partial charge in [0.15, 0.2) is 0 Å². The van der Waals surface area contributed by atoms with Gasteiger partial charge in [-0.25, -0.2) is 0 Å². The molecule has 1 saturated carbocycles. The minimum Gasteiger partial charge on any atom is -0.389 e. The zero-order valence-corrected chi connectivity index (χ0v) is 11.2. The lowest BCUT2D eigenvalue weighted by molar-refractivity contribution is 0.199. The van der Waals surface area contributed by atoms with Crippen LogP contribution in [-0.4, -0.2) is 17.7 Å². The average Bonchev–Trinajstić information content (AvgIpc) is 3.15. The molecule has 0 amide bonds. The Labute approximate surface area is 113 Å². The minimum absolute atomic E-state index is 0.505. The highest BCUT2D eigenvalue weighted by molar-refractivity contribution is 6.33. The maximum atomic E-state index is 9.53. The first-order valence-electron chi connectivity index (χ1n) is 6.24. The molecule has 0 radical (unpaired) electrons. The zero-order chi connectivity index (χ0) is 13.1. The van der Waals surface area contributed by atoms with Gasteiger partial charge >= 0.3 is 0 Å². The average molecular weight is 265 g/mol. The van der Waals surface area contributed by atoms with Gasteiger partial charge in [0.25, 0.3) is 0 Å². The van der Waals surface area contributed by atoms with Gasteiger partial charge in [-0.1, -0.05) is 17.7 Å². The first-order chi connectivity index (χ1) is 8.63. The molecule has 0 saturated heterocycles. The van der Waals surface area contributed by atoms with Crippen LogP contribution >= 0.6 is 11.6 Å². The highest BCUT2D eigenvalue weighted by Gasteiger charge is 2.30. The third-order valence-corrected chi connectivity index (χ3v) is 3.52. The summed E-state index contributed by atoms with van der Waals surface area (Å²) in [5.41, 5.74) is 1.79. The van der Waals surface area contributed by atoms with E-state index in [0.29, 0.717) is 17.5 Å². The molecule has 1 aromatic carbocycles. The van der Waals surface area contributed by atoms with Gasteiger partial charge in [-0.3, -0.25) is 0 Å².